The number of hydrogen-bond donors (Lipinski definition) is 0. The summed E-state index contributed by atoms with van der Waals surface area (Å²) in [6.07, 6.45) is 0. The molecule has 146 valence electrons. The summed E-state index contributed by atoms with van der Waals surface area (Å²) in [4.78, 5) is 26.5. The monoisotopic (exact) mass is 393 g/mol. The highest BCUT2D eigenvalue weighted by Gasteiger charge is 2.34. The lowest BCUT2D eigenvalue weighted by molar-refractivity contribution is 0.0642. The van der Waals surface area contributed by atoms with Crippen LogP contribution in [-0.4, -0.2) is 16.7 Å². The van der Waals surface area contributed by atoms with Crippen LogP contribution in [-0.2, 0) is 13.2 Å². The molecule has 2 amide bonds. The van der Waals surface area contributed by atoms with Crippen LogP contribution < -0.4 is 4.74 Å². The Morgan fingerprint density at radius 2 is 1.30 bits per heavy atom. The van der Waals surface area contributed by atoms with Crippen LogP contribution >= 0.6 is 0 Å². The number of fused-ring (bicyclic) bond motifs is 2. The number of imide groups is 1. The number of ether oxygens (including phenoxy) is 1. The summed E-state index contributed by atoms with van der Waals surface area (Å²) in [7, 11) is 0. The molecule has 4 heteroatoms. The third-order valence-electron chi connectivity index (χ3n) is 5.35. The molecular formula is C26H19NO3. The van der Waals surface area contributed by atoms with Crippen molar-refractivity contribution in [2.24, 2.45) is 0 Å². The molecule has 30 heavy (non-hydrogen) atoms. The van der Waals surface area contributed by atoms with Crippen molar-refractivity contribution in [3.63, 3.8) is 0 Å². The Kier molecular flexibility index (Phi) is 4.52. The van der Waals surface area contributed by atoms with E-state index in [0.717, 1.165) is 27.6 Å². The number of rotatable bonds is 5. The molecule has 0 spiro atoms. The van der Waals surface area contributed by atoms with Crippen molar-refractivity contribution >= 4 is 22.6 Å². The summed E-state index contributed by atoms with van der Waals surface area (Å²) in [6.45, 7) is 0.651. The molecule has 0 fully saturated rings. The van der Waals surface area contributed by atoms with Crippen molar-refractivity contribution in [3.05, 3.63) is 113 Å². The number of carbonyl (C=O) groups is 2. The fourth-order valence-corrected chi connectivity index (χ4v) is 3.87. The Hall–Kier alpha value is -3.92. The maximum absolute atomic E-state index is 12.6. The van der Waals surface area contributed by atoms with E-state index in [2.05, 4.69) is 12.1 Å². The predicted octanol–water partition coefficient (Wildman–Crippen LogP) is 5.22. The van der Waals surface area contributed by atoms with Crippen molar-refractivity contribution in [1.82, 2.24) is 4.90 Å². The summed E-state index contributed by atoms with van der Waals surface area (Å²) in [6, 6.07) is 28.9. The minimum atomic E-state index is -0.243. The summed E-state index contributed by atoms with van der Waals surface area (Å²) >= 11 is 0. The lowest BCUT2D eigenvalue weighted by Crippen LogP contribution is -2.29. The van der Waals surface area contributed by atoms with Crippen molar-refractivity contribution in [2.75, 3.05) is 0 Å². The van der Waals surface area contributed by atoms with E-state index in [1.165, 1.54) is 4.90 Å². The molecule has 0 bridgehead atoms. The van der Waals surface area contributed by atoms with Gasteiger partial charge in [-0.15, -0.1) is 0 Å². The van der Waals surface area contributed by atoms with E-state index in [4.69, 9.17) is 4.74 Å². The largest absolute Gasteiger partial charge is 0.488 e. The molecule has 5 rings (SSSR count). The van der Waals surface area contributed by atoms with Gasteiger partial charge in [0.25, 0.3) is 11.8 Å². The summed E-state index contributed by atoms with van der Waals surface area (Å²) in [5.41, 5.74) is 2.82. The Morgan fingerprint density at radius 3 is 2.10 bits per heavy atom. The van der Waals surface area contributed by atoms with Gasteiger partial charge in [-0.3, -0.25) is 14.5 Å². The summed E-state index contributed by atoms with van der Waals surface area (Å²) in [5.74, 6) is 0.347. The molecule has 4 aromatic rings. The Morgan fingerprint density at radius 1 is 0.667 bits per heavy atom. The molecule has 0 saturated heterocycles. The van der Waals surface area contributed by atoms with Crippen LogP contribution in [0.1, 0.15) is 31.8 Å². The van der Waals surface area contributed by atoms with E-state index in [0.29, 0.717) is 17.7 Å². The second kappa shape index (κ2) is 7.48. The van der Waals surface area contributed by atoms with Gasteiger partial charge in [0.1, 0.15) is 12.4 Å². The topological polar surface area (TPSA) is 46.6 Å². The molecule has 0 aliphatic carbocycles. The van der Waals surface area contributed by atoms with Gasteiger partial charge < -0.3 is 4.74 Å². The molecule has 0 atom stereocenters. The molecule has 0 unspecified atom stereocenters. The molecule has 1 heterocycles. The zero-order chi connectivity index (χ0) is 20.5. The number of amides is 2. The van der Waals surface area contributed by atoms with Crippen LogP contribution in [0.4, 0.5) is 0 Å². The van der Waals surface area contributed by atoms with Crippen LogP contribution in [0, 0.1) is 0 Å². The first-order valence-corrected chi connectivity index (χ1v) is 9.84. The summed E-state index contributed by atoms with van der Waals surface area (Å²) < 4.78 is 6.08. The lowest BCUT2D eigenvalue weighted by Gasteiger charge is -2.15. The second-order valence-corrected chi connectivity index (χ2v) is 7.33. The predicted molar refractivity (Wildman–Crippen MR) is 115 cm³/mol. The summed E-state index contributed by atoms with van der Waals surface area (Å²) in [5, 5.41) is 2.21. The van der Waals surface area contributed by atoms with Crippen LogP contribution in [0.2, 0.25) is 0 Å². The third-order valence-corrected chi connectivity index (χ3v) is 5.35. The fourth-order valence-electron chi connectivity index (χ4n) is 3.87. The highest BCUT2D eigenvalue weighted by molar-refractivity contribution is 6.21. The van der Waals surface area contributed by atoms with Crippen molar-refractivity contribution in [3.8, 4) is 5.75 Å². The maximum atomic E-state index is 12.6. The quantitative estimate of drug-likeness (QED) is 0.437. The molecule has 0 radical (unpaired) electrons. The standard InChI is InChI=1S/C26H19NO3/c28-25-22-12-3-4-13-23(22)26(29)27(25)16-18-7-5-8-19(15-18)17-30-24-14-6-10-20-9-1-2-11-21(20)24/h1-15H,16-17H2. The number of nitrogens with zero attached hydrogens (tertiary/aromatic N) is 1. The number of hydrogen-bond acceptors (Lipinski definition) is 3. The maximum Gasteiger partial charge on any atom is 0.261 e. The van der Waals surface area contributed by atoms with Crippen LogP contribution in [0.5, 0.6) is 5.75 Å². The lowest BCUT2D eigenvalue weighted by atomic mass is 10.1. The molecule has 4 nitrogen and oxygen atoms in total. The van der Waals surface area contributed by atoms with Crippen LogP contribution in [0.3, 0.4) is 0 Å². The second-order valence-electron chi connectivity index (χ2n) is 7.33. The van der Waals surface area contributed by atoms with Gasteiger partial charge in [0.15, 0.2) is 0 Å². The molecule has 4 aromatic carbocycles. The van der Waals surface area contributed by atoms with Gasteiger partial charge in [-0.25, -0.2) is 0 Å². The highest BCUT2D eigenvalue weighted by atomic mass is 16.5. The van der Waals surface area contributed by atoms with Gasteiger partial charge in [0.2, 0.25) is 0 Å². The highest BCUT2D eigenvalue weighted by Crippen LogP contribution is 2.27. The first kappa shape index (κ1) is 18.1. The Bertz CT molecular complexity index is 1240. The SMILES string of the molecule is O=C1c2ccccc2C(=O)N1Cc1cccc(COc2cccc3ccccc23)c1. The van der Waals surface area contributed by atoms with Gasteiger partial charge in [0, 0.05) is 5.39 Å². The van der Waals surface area contributed by atoms with Gasteiger partial charge >= 0.3 is 0 Å². The zero-order valence-electron chi connectivity index (χ0n) is 16.2. The average Bonchev–Trinajstić information content (AvgIpc) is 3.03. The minimum absolute atomic E-state index is 0.243. The van der Waals surface area contributed by atoms with Crippen LogP contribution in [0.25, 0.3) is 10.8 Å². The van der Waals surface area contributed by atoms with E-state index in [1.54, 1.807) is 24.3 Å². The minimum Gasteiger partial charge on any atom is -0.488 e. The van der Waals surface area contributed by atoms with E-state index in [1.807, 2.05) is 54.6 Å². The van der Waals surface area contributed by atoms with Gasteiger partial charge in [-0.05, 0) is 34.7 Å². The Balaban J connectivity index is 1.33. The van der Waals surface area contributed by atoms with E-state index >= 15 is 0 Å². The molecule has 1 aliphatic heterocycles. The smallest absolute Gasteiger partial charge is 0.261 e. The van der Waals surface area contributed by atoms with Gasteiger partial charge in [-0.1, -0.05) is 72.8 Å². The first-order valence-electron chi connectivity index (χ1n) is 9.84. The van der Waals surface area contributed by atoms with Gasteiger partial charge in [0.05, 0.1) is 17.7 Å². The molecule has 0 N–H and O–H groups in total. The third kappa shape index (κ3) is 3.22. The van der Waals surface area contributed by atoms with E-state index < -0.39 is 0 Å². The molecule has 0 aromatic heterocycles. The van der Waals surface area contributed by atoms with E-state index in [9.17, 15) is 9.59 Å². The normalized spacial score (nSPS) is 13.0. The average molecular weight is 393 g/mol. The van der Waals surface area contributed by atoms with Crippen molar-refractivity contribution in [1.29, 1.82) is 0 Å². The van der Waals surface area contributed by atoms with Crippen molar-refractivity contribution < 1.29 is 14.3 Å². The first-order chi connectivity index (χ1) is 14.7. The van der Waals surface area contributed by atoms with Crippen LogP contribution in [0.15, 0.2) is 91.0 Å². The number of carbonyl (C=O) groups excluding carboxylic acids is 2. The van der Waals surface area contributed by atoms with E-state index in [-0.39, 0.29) is 18.4 Å². The molecule has 1 aliphatic rings. The van der Waals surface area contributed by atoms with Crippen molar-refractivity contribution in [2.45, 2.75) is 13.2 Å². The zero-order valence-corrected chi connectivity index (χ0v) is 16.2. The molecule has 0 saturated carbocycles. The Labute approximate surface area is 174 Å². The molecular weight excluding hydrogens is 374 g/mol. The fraction of sp³-hybridized carbons (Fsp3) is 0.0769. The number of benzene rings is 4. The van der Waals surface area contributed by atoms with Gasteiger partial charge in [-0.2, -0.15) is 0 Å².